The van der Waals surface area contributed by atoms with Crippen molar-refractivity contribution < 1.29 is 32.3 Å². The van der Waals surface area contributed by atoms with Crippen LogP contribution in [0.3, 0.4) is 0 Å². The van der Waals surface area contributed by atoms with Gasteiger partial charge in [-0.3, -0.25) is 4.79 Å². The summed E-state index contributed by atoms with van der Waals surface area (Å²) in [6, 6.07) is 0.297. The summed E-state index contributed by atoms with van der Waals surface area (Å²) < 4.78 is 36.5. The number of hydrogen-bond donors (Lipinski definition) is 2. The van der Waals surface area contributed by atoms with Crippen molar-refractivity contribution in [2.24, 2.45) is 13.0 Å². The van der Waals surface area contributed by atoms with Crippen molar-refractivity contribution in [2.75, 3.05) is 20.8 Å². The largest absolute Gasteiger partial charge is 0.467 e. The van der Waals surface area contributed by atoms with E-state index in [-0.39, 0.29) is 16.5 Å². The van der Waals surface area contributed by atoms with Crippen molar-refractivity contribution >= 4 is 27.9 Å². The number of aromatic nitrogens is 1. The average Bonchev–Trinajstić information content (AvgIpc) is 3.00. The highest BCUT2D eigenvalue weighted by atomic mass is 32.2. The maximum Gasteiger partial charge on any atom is 0.355 e. The van der Waals surface area contributed by atoms with Crippen LogP contribution in [0.15, 0.2) is 17.2 Å². The highest BCUT2D eigenvalue weighted by Crippen LogP contribution is 2.14. The molecule has 1 heterocycles. The van der Waals surface area contributed by atoms with E-state index in [1.165, 1.54) is 32.0 Å². The van der Waals surface area contributed by atoms with Crippen LogP contribution in [0, 0.1) is 5.92 Å². The molecule has 0 aliphatic heterocycles. The molecule has 0 aromatic carbocycles. The average molecular weight is 403 g/mol. The molecule has 1 aromatic rings. The number of amides is 1. The van der Waals surface area contributed by atoms with Crippen LogP contribution < -0.4 is 10.0 Å². The number of nitrogens with one attached hydrogen (secondary N) is 2. The quantitative estimate of drug-likeness (QED) is 0.545. The molecule has 1 aromatic heterocycles. The minimum absolute atomic E-state index is 0.0386. The van der Waals surface area contributed by atoms with Crippen LogP contribution in [0.2, 0.25) is 0 Å². The summed E-state index contributed by atoms with van der Waals surface area (Å²) in [4.78, 5) is 35.7. The molecule has 11 heteroatoms. The molecule has 1 amide bonds. The van der Waals surface area contributed by atoms with Gasteiger partial charge in [0, 0.05) is 13.2 Å². The zero-order chi connectivity index (χ0) is 20.8. The van der Waals surface area contributed by atoms with Crippen molar-refractivity contribution in [1.82, 2.24) is 14.6 Å². The molecule has 10 nitrogen and oxygen atoms in total. The zero-order valence-corrected chi connectivity index (χ0v) is 16.8. The second-order valence-electron chi connectivity index (χ2n) is 6.23. The van der Waals surface area contributed by atoms with E-state index in [4.69, 9.17) is 4.74 Å². The van der Waals surface area contributed by atoms with E-state index >= 15 is 0 Å². The minimum atomic E-state index is -3.71. The molecule has 0 aliphatic rings. The number of nitrogens with zero attached hydrogens (tertiary/aromatic N) is 1. The maximum atomic E-state index is 12.1. The van der Waals surface area contributed by atoms with Gasteiger partial charge in [0.15, 0.2) is 6.61 Å². The zero-order valence-electron chi connectivity index (χ0n) is 15.9. The Balaban J connectivity index is 2.73. The van der Waals surface area contributed by atoms with E-state index < -0.39 is 40.5 Å². The number of sulfonamides is 1. The fourth-order valence-corrected chi connectivity index (χ4v) is 3.07. The first kappa shape index (κ1) is 22.6. The lowest BCUT2D eigenvalue weighted by molar-refractivity contribution is -0.145. The first-order valence-electron chi connectivity index (χ1n) is 8.16. The van der Waals surface area contributed by atoms with Crippen molar-refractivity contribution in [3.05, 3.63) is 18.0 Å². The fraction of sp³-hybridized carbons (Fsp3) is 0.562. The van der Waals surface area contributed by atoms with E-state index in [1.54, 1.807) is 0 Å². The van der Waals surface area contributed by atoms with Crippen molar-refractivity contribution in [2.45, 2.75) is 31.2 Å². The molecule has 0 saturated carbocycles. The molecule has 0 aliphatic carbocycles. The van der Waals surface area contributed by atoms with E-state index in [0.29, 0.717) is 6.42 Å². The van der Waals surface area contributed by atoms with Gasteiger partial charge in [-0.2, -0.15) is 0 Å². The van der Waals surface area contributed by atoms with Crippen LogP contribution in [0.4, 0.5) is 0 Å². The Bertz CT molecular complexity index is 799. The van der Waals surface area contributed by atoms with Crippen molar-refractivity contribution in [1.29, 1.82) is 0 Å². The van der Waals surface area contributed by atoms with Crippen LogP contribution in [0.5, 0.6) is 0 Å². The van der Waals surface area contributed by atoms with Gasteiger partial charge in [-0.15, -0.1) is 0 Å². The minimum Gasteiger partial charge on any atom is -0.467 e. The van der Waals surface area contributed by atoms with Gasteiger partial charge in [-0.25, -0.2) is 22.7 Å². The molecule has 1 unspecified atom stereocenters. The lowest BCUT2D eigenvalue weighted by atomic mass is 10.0. The van der Waals surface area contributed by atoms with Gasteiger partial charge in [0.05, 0.1) is 7.11 Å². The first-order valence-corrected chi connectivity index (χ1v) is 9.64. The van der Waals surface area contributed by atoms with Crippen molar-refractivity contribution in [3.63, 3.8) is 0 Å². The second kappa shape index (κ2) is 9.51. The lowest BCUT2D eigenvalue weighted by Crippen LogP contribution is -2.44. The number of carbonyl (C=O) groups excluding carboxylic acids is 3. The molecule has 0 spiro atoms. The SMILES string of the molecule is CNS(=O)(=O)c1cc(C(=O)OCC(=O)NC(CC(C)C)C(=O)OC)n(C)c1. The predicted molar refractivity (Wildman–Crippen MR) is 95.3 cm³/mol. The van der Waals surface area contributed by atoms with Gasteiger partial charge in [-0.05, 0) is 25.5 Å². The Morgan fingerprint density at radius 3 is 2.41 bits per heavy atom. The van der Waals surface area contributed by atoms with E-state index in [9.17, 15) is 22.8 Å². The smallest absolute Gasteiger partial charge is 0.355 e. The number of ether oxygens (including phenoxy) is 2. The second-order valence-corrected chi connectivity index (χ2v) is 8.11. The standard InChI is InChI=1S/C16H25N3O7S/c1-10(2)6-12(15(21)25-5)18-14(20)9-26-16(22)13-7-11(8-19(13)4)27(23,24)17-3/h7-8,10,12,17H,6,9H2,1-5H3,(H,18,20). The number of esters is 2. The Kier molecular flexibility index (Phi) is 7.98. The van der Waals surface area contributed by atoms with Crippen LogP contribution in [0.1, 0.15) is 30.8 Å². The third kappa shape index (κ3) is 6.36. The normalized spacial score (nSPS) is 12.5. The summed E-state index contributed by atoms with van der Waals surface area (Å²) in [5, 5.41) is 2.46. The fourth-order valence-electron chi connectivity index (χ4n) is 2.27. The van der Waals surface area contributed by atoms with E-state index in [2.05, 4.69) is 14.8 Å². The molecule has 2 N–H and O–H groups in total. The molecular formula is C16H25N3O7S. The summed E-state index contributed by atoms with van der Waals surface area (Å²) in [6.07, 6.45) is 1.62. The summed E-state index contributed by atoms with van der Waals surface area (Å²) in [5.74, 6) is -2.00. The molecule has 0 radical (unpaired) electrons. The molecule has 0 bridgehead atoms. The van der Waals surface area contributed by atoms with Gasteiger partial charge < -0.3 is 19.4 Å². The van der Waals surface area contributed by atoms with Gasteiger partial charge in [-0.1, -0.05) is 13.8 Å². The van der Waals surface area contributed by atoms with Crippen LogP contribution >= 0.6 is 0 Å². The molecule has 27 heavy (non-hydrogen) atoms. The maximum absolute atomic E-state index is 12.1. The topological polar surface area (TPSA) is 133 Å². The first-order chi connectivity index (χ1) is 12.5. The third-order valence-electron chi connectivity index (χ3n) is 3.63. The Labute approximate surface area is 158 Å². The van der Waals surface area contributed by atoms with Crippen LogP contribution in [0.25, 0.3) is 0 Å². The van der Waals surface area contributed by atoms with Gasteiger partial charge in [0.1, 0.15) is 16.6 Å². The van der Waals surface area contributed by atoms with Gasteiger partial charge in [0.25, 0.3) is 5.91 Å². The summed E-state index contributed by atoms with van der Waals surface area (Å²) in [6.45, 7) is 3.15. The Hall–Kier alpha value is -2.40. The van der Waals surface area contributed by atoms with E-state index in [0.717, 1.165) is 6.07 Å². The Morgan fingerprint density at radius 1 is 1.26 bits per heavy atom. The predicted octanol–water partition coefficient (Wildman–Crippen LogP) is -0.206. The Morgan fingerprint density at radius 2 is 1.89 bits per heavy atom. The number of carbonyl (C=O) groups is 3. The van der Waals surface area contributed by atoms with Crippen LogP contribution in [-0.2, 0) is 36.1 Å². The molecule has 152 valence electrons. The number of aryl methyl sites for hydroxylation is 1. The van der Waals surface area contributed by atoms with Crippen molar-refractivity contribution in [3.8, 4) is 0 Å². The molecule has 0 fully saturated rings. The molecule has 1 atom stereocenters. The highest BCUT2D eigenvalue weighted by molar-refractivity contribution is 7.89. The monoisotopic (exact) mass is 403 g/mol. The van der Waals surface area contributed by atoms with Gasteiger partial charge in [0.2, 0.25) is 10.0 Å². The number of rotatable bonds is 9. The number of hydrogen-bond acceptors (Lipinski definition) is 7. The molecule has 1 rings (SSSR count). The molecule has 0 saturated heterocycles. The summed E-state index contributed by atoms with van der Waals surface area (Å²) >= 11 is 0. The summed E-state index contributed by atoms with van der Waals surface area (Å²) in [5.41, 5.74) is -0.0386. The third-order valence-corrected chi connectivity index (χ3v) is 5.01. The van der Waals surface area contributed by atoms with Gasteiger partial charge >= 0.3 is 11.9 Å². The number of methoxy groups -OCH3 is 1. The van der Waals surface area contributed by atoms with E-state index in [1.807, 2.05) is 13.8 Å². The highest BCUT2D eigenvalue weighted by Gasteiger charge is 2.24. The van der Waals surface area contributed by atoms with Crippen LogP contribution in [-0.4, -0.2) is 57.6 Å². The summed E-state index contributed by atoms with van der Waals surface area (Å²) in [7, 11) is 0.225. The lowest BCUT2D eigenvalue weighted by Gasteiger charge is -2.18. The molecular weight excluding hydrogens is 378 g/mol.